The number of piperazine rings is 1. The van der Waals surface area contributed by atoms with Gasteiger partial charge in [-0.05, 0) is 12.1 Å². The third-order valence-corrected chi connectivity index (χ3v) is 5.07. The SMILES string of the molecule is CS(=O)(=O)N1CCN(C(=O)Cn2nnc3ccccc32)CC1. The van der Waals surface area contributed by atoms with Crippen LogP contribution in [0.25, 0.3) is 11.0 Å². The third kappa shape index (κ3) is 2.95. The van der Waals surface area contributed by atoms with E-state index >= 15 is 0 Å². The fourth-order valence-corrected chi connectivity index (χ4v) is 3.36. The number of amides is 1. The molecule has 1 fully saturated rings. The maximum atomic E-state index is 12.3. The van der Waals surface area contributed by atoms with Crippen molar-refractivity contribution in [1.82, 2.24) is 24.2 Å². The molecule has 0 atom stereocenters. The van der Waals surface area contributed by atoms with Crippen LogP contribution in [0.5, 0.6) is 0 Å². The molecule has 118 valence electrons. The highest BCUT2D eigenvalue weighted by Gasteiger charge is 2.26. The molecule has 0 unspecified atom stereocenters. The summed E-state index contributed by atoms with van der Waals surface area (Å²) in [5, 5.41) is 8.01. The van der Waals surface area contributed by atoms with Crippen LogP contribution in [0.15, 0.2) is 24.3 Å². The zero-order chi connectivity index (χ0) is 15.7. The molecule has 1 aliphatic heterocycles. The predicted octanol–water partition coefficient (Wildman–Crippen LogP) is -0.465. The number of fused-ring (bicyclic) bond motifs is 1. The largest absolute Gasteiger partial charge is 0.338 e. The van der Waals surface area contributed by atoms with Gasteiger partial charge in [-0.2, -0.15) is 4.31 Å². The Hall–Kier alpha value is -2.00. The van der Waals surface area contributed by atoms with E-state index in [4.69, 9.17) is 0 Å². The van der Waals surface area contributed by atoms with Crippen LogP contribution in [0.4, 0.5) is 0 Å². The Balaban J connectivity index is 1.66. The molecule has 8 nitrogen and oxygen atoms in total. The van der Waals surface area contributed by atoms with Gasteiger partial charge in [-0.3, -0.25) is 4.79 Å². The van der Waals surface area contributed by atoms with Crippen molar-refractivity contribution in [1.29, 1.82) is 0 Å². The number of aromatic nitrogens is 3. The van der Waals surface area contributed by atoms with E-state index in [2.05, 4.69) is 10.3 Å². The van der Waals surface area contributed by atoms with Crippen LogP contribution >= 0.6 is 0 Å². The van der Waals surface area contributed by atoms with E-state index in [0.717, 1.165) is 11.0 Å². The van der Waals surface area contributed by atoms with Gasteiger partial charge in [0.1, 0.15) is 12.1 Å². The highest BCUT2D eigenvalue weighted by atomic mass is 32.2. The summed E-state index contributed by atoms with van der Waals surface area (Å²) in [4.78, 5) is 14.0. The number of nitrogens with zero attached hydrogens (tertiary/aromatic N) is 5. The molecule has 0 bridgehead atoms. The molecule has 1 aromatic heterocycles. The fraction of sp³-hybridized carbons (Fsp3) is 0.462. The van der Waals surface area contributed by atoms with Crippen molar-refractivity contribution in [3.63, 3.8) is 0 Å². The lowest BCUT2D eigenvalue weighted by atomic mass is 10.3. The summed E-state index contributed by atoms with van der Waals surface area (Å²) >= 11 is 0. The van der Waals surface area contributed by atoms with E-state index in [1.807, 2.05) is 24.3 Å². The zero-order valence-corrected chi connectivity index (χ0v) is 13.0. The molecule has 2 heterocycles. The van der Waals surface area contributed by atoms with Gasteiger partial charge in [0, 0.05) is 26.2 Å². The molecule has 1 saturated heterocycles. The summed E-state index contributed by atoms with van der Waals surface area (Å²) in [6, 6.07) is 7.45. The second-order valence-electron chi connectivity index (χ2n) is 5.28. The monoisotopic (exact) mass is 323 g/mol. The van der Waals surface area contributed by atoms with E-state index in [1.165, 1.54) is 10.6 Å². The van der Waals surface area contributed by atoms with Gasteiger partial charge in [-0.1, -0.05) is 17.3 Å². The van der Waals surface area contributed by atoms with E-state index in [9.17, 15) is 13.2 Å². The summed E-state index contributed by atoms with van der Waals surface area (Å²) in [5.41, 5.74) is 1.56. The maximum absolute atomic E-state index is 12.3. The minimum Gasteiger partial charge on any atom is -0.338 e. The van der Waals surface area contributed by atoms with Gasteiger partial charge in [0.25, 0.3) is 0 Å². The van der Waals surface area contributed by atoms with E-state index in [-0.39, 0.29) is 12.5 Å². The Labute approximate surface area is 128 Å². The number of carbonyl (C=O) groups is 1. The minimum atomic E-state index is -3.19. The number of carbonyl (C=O) groups excluding carboxylic acids is 1. The molecule has 3 rings (SSSR count). The first-order chi connectivity index (χ1) is 10.4. The molecule has 0 spiro atoms. The van der Waals surface area contributed by atoms with Crippen LogP contribution in [-0.4, -0.2) is 71.0 Å². The van der Waals surface area contributed by atoms with Gasteiger partial charge in [-0.25, -0.2) is 13.1 Å². The third-order valence-electron chi connectivity index (χ3n) is 3.77. The van der Waals surface area contributed by atoms with Crippen LogP contribution in [-0.2, 0) is 21.4 Å². The molecule has 1 amide bonds. The van der Waals surface area contributed by atoms with Crippen molar-refractivity contribution in [2.75, 3.05) is 32.4 Å². The second kappa shape index (κ2) is 5.65. The number of rotatable bonds is 3. The predicted molar refractivity (Wildman–Crippen MR) is 80.5 cm³/mol. The molecule has 22 heavy (non-hydrogen) atoms. The van der Waals surface area contributed by atoms with Crippen LogP contribution in [0.3, 0.4) is 0 Å². The minimum absolute atomic E-state index is 0.0798. The lowest BCUT2D eigenvalue weighted by Crippen LogP contribution is -2.51. The van der Waals surface area contributed by atoms with Gasteiger partial charge >= 0.3 is 0 Å². The van der Waals surface area contributed by atoms with Crippen LogP contribution in [0.1, 0.15) is 0 Å². The first kappa shape index (κ1) is 14.9. The van der Waals surface area contributed by atoms with Crippen LogP contribution in [0, 0.1) is 0 Å². The fourth-order valence-electron chi connectivity index (χ4n) is 2.53. The number of sulfonamides is 1. The van der Waals surface area contributed by atoms with Crippen molar-refractivity contribution >= 4 is 27.0 Å². The number of para-hydroxylation sites is 1. The normalized spacial score (nSPS) is 17.0. The molecule has 2 aromatic rings. The lowest BCUT2D eigenvalue weighted by Gasteiger charge is -2.33. The van der Waals surface area contributed by atoms with Crippen molar-refractivity contribution in [2.45, 2.75) is 6.54 Å². The van der Waals surface area contributed by atoms with Gasteiger partial charge in [0.2, 0.25) is 15.9 Å². The van der Waals surface area contributed by atoms with Crippen molar-refractivity contribution in [3.05, 3.63) is 24.3 Å². The van der Waals surface area contributed by atoms with E-state index in [0.29, 0.717) is 26.2 Å². The Morgan fingerprint density at radius 1 is 1.18 bits per heavy atom. The Bertz CT molecular complexity index is 793. The highest BCUT2D eigenvalue weighted by molar-refractivity contribution is 7.88. The van der Waals surface area contributed by atoms with Crippen molar-refractivity contribution < 1.29 is 13.2 Å². The van der Waals surface area contributed by atoms with Gasteiger partial charge in [0.15, 0.2) is 0 Å². The van der Waals surface area contributed by atoms with Gasteiger partial charge in [0.05, 0.1) is 11.8 Å². The molecule has 1 aliphatic rings. The highest BCUT2D eigenvalue weighted by Crippen LogP contribution is 2.11. The molecular formula is C13H17N5O3S. The van der Waals surface area contributed by atoms with Gasteiger partial charge < -0.3 is 4.90 Å². The summed E-state index contributed by atoms with van der Waals surface area (Å²) in [6.07, 6.45) is 1.19. The summed E-state index contributed by atoms with van der Waals surface area (Å²) in [7, 11) is -3.19. The molecule has 0 saturated carbocycles. The smallest absolute Gasteiger partial charge is 0.244 e. The zero-order valence-electron chi connectivity index (χ0n) is 12.2. The van der Waals surface area contributed by atoms with E-state index < -0.39 is 10.0 Å². The second-order valence-corrected chi connectivity index (χ2v) is 7.26. The Morgan fingerprint density at radius 2 is 1.86 bits per heavy atom. The molecule has 0 N–H and O–H groups in total. The Kier molecular flexibility index (Phi) is 3.83. The number of hydrogen-bond acceptors (Lipinski definition) is 5. The molecule has 0 radical (unpaired) electrons. The molecule has 0 aliphatic carbocycles. The average molecular weight is 323 g/mol. The molecule has 1 aromatic carbocycles. The van der Waals surface area contributed by atoms with Crippen LogP contribution < -0.4 is 0 Å². The Morgan fingerprint density at radius 3 is 2.55 bits per heavy atom. The lowest BCUT2D eigenvalue weighted by molar-refractivity contribution is -0.133. The first-order valence-electron chi connectivity index (χ1n) is 6.96. The topological polar surface area (TPSA) is 88.4 Å². The summed E-state index contributed by atoms with van der Waals surface area (Å²) < 4.78 is 25.9. The number of hydrogen-bond donors (Lipinski definition) is 0. The molecule has 9 heteroatoms. The van der Waals surface area contributed by atoms with Crippen molar-refractivity contribution in [3.8, 4) is 0 Å². The summed E-state index contributed by atoms with van der Waals surface area (Å²) in [5.74, 6) is -0.0798. The first-order valence-corrected chi connectivity index (χ1v) is 8.81. The maximum Gasteiger partial charge on any atom is 0.244 e. The van der Waals surface area contributed by atoms with Crippen LogP contribution in [0.2, 0.25) is 0 Å². The average Bonchev–Trinajstić information content (AvgIpc) is 2.90. The molecular weight excluding hydrogens is 306 g/mol. The van der Waals surface area contributed by atoms with Crippen molar-refractivity contribution in [2.24, 2.45) is 0 Å². The summed E-state index contributed by atoms with van der Waals surface area (Å²) in [6.45, 7) is 1.59. The number of benzene rings is 1. The van der Waals surface area contributed by atoms with E-state index in [1.54, 1.807) is 9.58 Å². The standard InChI is InChI=1S/C13H17N5O3S/c1-22(20,21)17-8-6-16(7-9-17)13(19)10-18-12-5-3-2-4-11(12)14-15-18/h2-5H,6-10H2,1H3. The quantitative estimate of drug-likeness (QED) is 0.762. The van der Waals surface area contributed by atoms with Gasteiger partial charge in [-0.15, -0.1) is 5.10 Å².